The molecule has 0 saturated heterocycles. The maximum absolute atomic E-state index is 12.2. The van der Waals surface area contributed by atoms with Crippen LogP contribution in [0.15, 0.2) is 46.4 Å². The number of hydrogen-bond donors (Lipinski definition) is 1. The SMILES string of the molecule is Cn1cc(-c2ncnn2-c2ccc(OC(F)(F)F)cc2)c(=O)[nH]c1=O. The molecule has 0 unspecified atom stereocenters. The van der Waals surface area contributed by atoms with Crippen molar-refractivity contribution in [2.24, 2.45) is 7.05 Å². The van der Waals surface area contributed by atoms with Gasteiger partial charge in [-0.05, 0) is 24.3 Å². The molecular formula is C14H10F3N5O3. The van der Waals surface area contributed by atoms with E-state index in [1.165, 1.54) is 36.4 Å². The lowest BCUT2D eigenvalue weighted by Crippen LogP contribution is -2.29. The van der Waals surface area contributed by atoms with Gasteiger partial charge in [-0.25, -0.2) is 14.5 Å². The summed E-state index contributed by atoms with van der Waals surface area (Å²) in [7, 11) is 1.45. The molecule has 0 spiro atoms. The molecule has 0 bridgehead atoms. The molecule has 2 heterocycles. The van der Waals surface area contributed by atoms with Crippen LogP contribution in [0.5, 0.6) is 5.75 Å². The summed E-state index contributed by atoms with van der Waals surface area (Å²) in [4.78, 5) is 29.5. The minimum Gasteiger partial charge on any atom is -0.406 e. The third kappa shape index (κ3) is 3.44. The van der Waals surface area contributed by atoms with Gasteiger partial charge in [-0.15, -0.1) is 13.2 Å². The van der Waals surface area contributed by atoms with E-state index in [9.17, 15) is 22.8 Å². The Morgan fingerprint density at radius 2 is 1.84 bits per heavy atom. The second kappa shape index (κ2) is 5.92. The van der Waals surface area contributed by atoms with Gasteiger partial charge in [-0.3, -0.25) is 9.78 Å². The smallest absolute Gasteiger partial charge is 0.406 e. The number of H-pyrrole nitrogens is 1. The second-order valence-electron chi connectivity index (χ2n) is 4.95. The van der Waals surface area contributed by atoms with Crippen LogP contribution in [0.3, 0.4) is 0 Å². The highest BCUT2D eigenvalue weighted by Crippen LogP contribution is 2.24. The highest BCUT2D eigenvalue weighted by atomic mass is 19.4. The predicted molar refractivity (Wildman–Crippen MR) is 79.3 cm³/mol. The number of nitrogens with one attached hydrogen (secondary N) is 1. The van der Waals surface area contributed by atoms with Gasteiger partial charge in [0.2, 0.25) is 0 Å². The molecular weight excluding hydrogens is 343 g/mol. The van der Waals surface area contributed by atoms with Gasteiger partial charge in [0.05, 0.1) is 5.69 Å². The highest BCUT2D eigenvalue weighted by molar-refractivity contribution is 5.55. The molecule has 1 N–H and O–H groups in total. The van der Waals surface area contributed by atoms with Gasteiger partial charge < -0.3 is 9.30 Å². The predicted octanol–water partition coefficient (Wildman–Crippen LogP) is 1.22. The lowest BCUT2D eigenvalue weighted by Gasteiger charge is -2.10. The van der Waals surface area contributed by atoms with Crippen molar-refractivity contribution in [1.29, 1.82) is 0 Å². The third-order valence-corrected chi connectivity index (χ3v) is 3.21. The van der Waals surface area contributed by atoms with Crippen LogP contribution in [0.1, 0.15) is 0 Å². The van der Waals surface area contributed by atoms with E-state index in [4.69, 9.17) is 0 Å². The van der Waals surface area contributed by atoms with Crippen LogP contribution < -0.4 is 16.0 Å². The maximum atomic E-state index is 12.2. The summed E-state index contributed by atoms with van der Waals surface area (Å²) >= 11 is 0. The quantitative estimate of drug-likeness (QED) is 0.764. The van der Waals surface area contributed by atoms with Gasteiger partial charge in [0.25, 0.3) is 5.56 Å². The van der Waals surface area contributed by atoms with E-state index in [0.29, 0.717) is 5.69 Å². The molecule has 0 fully saturated rings. The van der Waals surface area contributed by atoms with Crippen molar-refractivity contribution in [3.63, 3.8) is 0 Å². The van der Waals surface area contributed by atoms with E-state index < -0.39 is 23.4 Å². The van der Waals surface area contributed by atoms with E-state index in [-0.39, 0.29) is 11.4 Å². The molecule has 3 rings (SSSR count). The Balaban J connectivity index is 2.02. The number of benzene rings is 1. The summed E-state index contributed by atoms with van der Waals surface area (Å²) in [6, 6.07) is 4.88. The van der Waals surface area contributed by atoms with Crippen molar-refractivity contribution >= 4 is 0 Å². The first-order chi connectivity index (χ1) is 11.7. The van der Waals surface area contributed by atoms with Gasteiger partial charge in [-0.1, -0.05) is 0 Å². The van der Waals surface area contributed by atoms with E-state index in [1.54, 1.807) is 0 Å². The Morgan fingerprint density at radius 3 is 2.48 bits per heavy atom. The molecule has 11 heteroatoms. The molecule has 2 aromatic heterocycles. The Hall–Kier alpha value is -3.37. The van der Waals surface area contributed by atoms with Crippen LogP contribution in [0.25, 0.3) is 17.1 Å². The average molecular weight is 353 g/mol. The Morgan fingerprint density at radius 1 is 1.16 bits per heavy atom. The van der Waals surface area contributed by atoms with Crippen molar-refractivity contribution in [2.75, 3.05) is 0 Å². The van der Waals surface area contributed by atoms with Crippen LogP contribution in [0, 0.1) is 0 Å². The molecule has 0 atom stereocenters. The molecule has 0 amide bonds. The standard InChI is InChI=1S/C14H10F3N5O3/c1-21-6-10(12(23)20-13(21)24)11-18-7-19-22(11)8-2-4-9(5-3-8)25-14(15,16)17/h2-7H,1H3,(H,20,23,24). The van der Waals surface area contributed by atoms with Gasteiger partial charge in [0.1, 0.15) is 17.6 Å². The number of aromatic nitrogens is 5. The van der Waals surface area contributed by atoms with Crippen LogP contribution in [0.4, 0.5) is 13.2 Å². The van der Waals surface area contributed by atoms with E-state index in [0.717, 1.165) is 16.7 Å². The molecule has 0 radical (unpaired) electrons. The lowest BCUT2D eigenvalue weighted by atomic mass is 10.2. The average Bonchev–Trinajstić information content (AvgIpc) is 2.99. The molecule has 0 aliphatic heterocycles. The molecule has 25 heavy (non-hydrogen) atoms. The van der Waals surface area contributed by atoms with Crippen molar-refractivity contribution in [2.45, 2.75) is 6.36 Å². The lowest BCUT2D eigenvalue weighted by molar-refractivity contribution is -0.274. The summed E-state index contributed by atoms with van der Waals surface area (Å²) in [5.41, 5.74) is -0.812. The normalized spacial score (nSPS) is 11.5. The van der Waals surface area contributed by atoms with Crippen LogP contribution in [0.2, 0.25) is 0 Å². The molecule has 0 aliphatic carbocycles. The zero-order valence-corrected chi connectivity index (χ0v) is 12.6. The number of ether oxygens (including phenoxy) is 1. The first-order valence-corrected chi connectivity index (χ1v) is 6.81. The second-order valence-corrected chi connectivity index (χ2v) is 4.95. The zero-order chi connectivity index (χ0) is 18.2. The van der Waals surface area contributed by atoms with Gasteiger partial charge >= 0.3 is 12.1 Å². The van der Waals surface area contributed by atoms with E-state index >= 15 is 0 Å². The first kappa shape index (κ1) is 16.5. The molecule has 0 saturated carbocycles. The van der Waals surface area contributed by atoms with Crippen LogP contribution in [-0.2, 0) is 7.05 Å². The molecule has 130 valence electrons. The number of halogens is 3. The van der Waals surface area contributed by atoms with Crippen molar-refractivity contribution in [3.8, 4) is 22.8 Å². The van der Waals surface area contributed by atoms with Crippen LogP contribution in [-0.4, -0.2) is 30.7 Å². The topological polar surface area (TPSA) is 94.8 Å². The van der Waals surface area contributed by atoms with Crippen molar-refractivity contribution < 1.29 is 17.9 Å². The maximum Gasteiger partial charge on any atom is 0.573 e. The minimum absolute atomic E-state index is 0.0789. The molecule has 8 nitrogen and oxygen atoms in total. The Kier molecular flexibility index (Phi) is 3.91. The fraction of sp³-hybridized carbons (Fsp3) is 0.143. The number of hydrogen-bond acceptors (Lipinski definition) is 5. The number of alkyl halides is 3. The Labute approximate surface area is 137 Å². The largest absolute Gasteiger partial charge is 0.573 e. The van der Waals surface area contributed by atoms with Crippen molar-refractivity contribution in [1.82, 2.24) is 24.3 Å². The van der Waals surface area contributed by atoms with Crippen LogP contribution >= 0.6 is 0 Å². The minimum atomic E-state index is -4.79. The fourth-order valence-electron chi connectivity index (χ4n) is 2.13. The highest BCUT2D eigenvalue weighted by Gasteiger charge is 2.31. The molecule has 3 aromatic rings. The molecule has 0 aliphatic rings. The summed E-state index contributed by atoms with van der Waals surface area (Å²) in [5, 5.41) is 3.96. The third-order valence-electron chi connectivity index (χ3n) is 3.21. The Bertz CT molecular complexity index is 1020. The summed E-state index contributed by atoms with van der Waals surface area (Å²) < 4.78 is 42.8. The summed E-state index contributed by atoms with van der Waals surface area (Å²) in [6.07, 6.45) is -2.31. The van der Waals surface area contributed by atoms with Gasteiger partial charge in [-0.2, -0.15) is 5.10 Å². The van der Waals surface area contributed by atoms with E-state index in [1.807, 2.05) is 0 Å². The first-order valence-electron chi connectivity index (χ1n) is 6.81. The van der Waals surface area contributed by atoms with Crippen molar-refractivity contribution in [3.05, 3.63) is 57.6 Å². The fourth-order valence-corrected chi connectivity index (χ4v) is 2.13. The zero-order valence-electron chi connectivity index (χ0n) is 12.6. The van der Waals surface area contributed by atoms with Gasteiger partial charge in [0, 0.05) is 13.2 Å². The number of aryl methyl sites for hydroxylation is 1. The number of aromatic amines is 1. The summed E-state index contributed by atoms with van der Waals surface area (Å²) in [5.74, 6) is -0.265. The summed E-state index contributed by atoms with van der Waals surface area (Å²) in [6.45, 7) is 0. The van der Waals surface area contributed by atoms with Gasteiger partial charge in [0.15, 0.2) is 5.82 Å². The number of nitrogens with zero attached hydrogens (tertiary/aromatic N) is 4. The number of rotatable bonds is 3. The van der Waals surface area contributed by atoms with E-state index in [2.05, 4.69) is 19.8 Å². The monoisotopic (exact) mass is 353 g/mol. The molecule has 1 aromatic carbocycles.